The molecule has 0 saturated carbocycles. The predicted molar refractivity (Wildman–Crippen MR) is 108 cm³/mol. The number of aromatic amines is 1. The van der Waals surface area contributed by atoms with Gasteiger partial charge in [0.15, 0.2) is 17.3 Å². The first kappa shape index (κ1) is 19.1. The molecular formula is C21H23N5O3. The number of hydrogen-bond donors (Lipinski definition) is 1. The zero-order valence-corrected chi connectivity index (χ0v) is 16.5. The Morgan fingerprint density at radius 2 is 2.14 bits per heavy atom. The van der Waals surface area contributed by atoms with Gasteiger partial charge in [0.05, 0.1) is 31.2 Å². The molecule has 0 unspecified atom stereocenters. The maximum atomic E-state index is 12.7. The van der Waals surface area contributed by atoms with Crippen molar-refractivity contribution >= 4 is 0 Å². The molecular weight excluding hydrogens is 370 g/mol. The van der Waals surface area contributed by atoms with Crippen molar-refractivity contribution in [2.45, 2.75) is 26.4 Å². The van der Waals surface area contributed by atoms with Gasteiger partial charge in [0.25, 0.3) is 5.56 Å². The second-order valence-corrected chi connectivity index (χ2v) is 6.81. The monoisotopic (exact) mass is 393 g/mol. The Labute approximate surface area is 168 Å². The van der Waals surface area contributed by atoms with Gasteiger partial charge in [-0.15, -0.1) is 0 Å². The van der Waals surface area contributed by atoms with Gasteiger partial charge < -0.3 is 14.5 Å². The number of fused-ring (bicyclic) bond motifs is 1. The molecule has 4 rings (SSSR count). The maximum absolute atomic E-state index is 12.7. The highest BCUT2D eigenvalue weighted by atomic mass is 16.5. The fourth-order valence-corrected chi connectivity index (χ4v) is 3.50. The molecule has 1 aromatic carbocycles. The number of nitrogens with one attached hydrogen (secondary N) is 1. The minimum absolute atomic E-state index is 0.120. The summed E-state index contributed by atoms with van der Waals surface area (Å²) in [4.78, 5) is 30.6. The molecule has 0 atom stereocenters. The first-order valence-corrected chi connectivity index (χ1v) is 9.58. The molecule has 29 heavy (non-hydrogen) atoms. The Bertz CT molecular complexity index is 1050. The fourth-order valence-electron chi connectivity index (χ4n) is 3.50. The summed E-state index contributed by atoms with van der Waals surface area (Å²) in [5, 5.41) is 0. The lowest BCUT2D eigenvalue weighted by Gasteiger charge is -2.28. The van der Waals surface area contributed by atoms with E-state index in [0.717, 1.165) is 35.8 Å². The third-order valence-corrected chi connectivity index (χ3v) is 4.89. The predicted octanol–water partition coefficient (Wildman–Crippen LogP) is 2.19. The van der Waals surface area contributed by atoms with Crippen molar-refractivity contribution in [3.63, 3.8) is 0 Å². The van der Waals surface area contributed by atoms with E-state index in [9.17, 15) is 4.79 Å². The highest BCUT2D eigenvalue weighted by molar-refractivity contribution is 5.47. The summed E-state index contributed by atoms with van der Waals surface area (Å²) >= 11 is 0. The Hall–Kier alpha value is -3.26. The van der Waals surface area contributed by atoms with Crippen molar-refractivity contribution in [2.24, 2.45) is 0 Å². The van der Waals surface area contributed by atoms with Crippen molar-refractivity contribution in [1.29, 1.82) is 0 Å². The molecule has 1 N–H and O–H groups in total. The average Bonchev–Trinajstić information content (AvgIpc) is 2.75. The number of benzene rings is 1. The van der Waals surface area contributed by atoms with Crippen LogP contribution in [0.15, 0.2) is 41.6 Å². The molecule has 2 aromatic heterocycles. The number of ether oxygens (including phenoxy) is 2. The summed E-state index contributed by atoms with van der Waals surface area (Å²) in [6.07, 6.45) is 5.48. The average molecular weight is 393 g/mol. The third-order valence-electron chi connectivity index (χ3n) is 4.89. The van der Waals surface area contributed by atoms with E-state index in [0.29, 0.717) is 36.7 Å². The Balaban J connectivity index is 1.54. The van der Waals surface area contributed by atoms with Gasteiger partial charge in [-0.2, -0.15) is 0 Å². The molecule has 0 radical (unpaired) electrons. The zero-order chi connectivity index (χ0) is 20.2. The van der Waals surface area contributed by atoms with Crippen LogP contribution < -0.4 is 15.0 Å². The number of methoxy groups -OCH3 is 1. The maximum Gasteiger partial charge on any atom is 0.255 e. The fraction of sp³-hybridized carbons (Fsp3) is 0.333. The van der Waals surface area contributed by atoms with Crippen LogP contribution in [-0.4, -0.2) is 45.1 Å². The molecule has 0 aliphatic carbocycles. The molecule has 3 aromatic rings. The normalized spacial score (nSPS) is 13.7. The Kier molecular flexibility index (Phi) is 5.53. The molecule has 0 fully saturated rings. The molecule has 150 valence electrons. The van der Waals surface area contributed by atoms with E-state index >= 15 is 0 Å². The third kappa shape index (κ3) is 4.12. The van der Waals surface area contributed by atoms with Crippen LogP contribution in [-0.2, 0) is 19.5 Å². The highest BCUT2D eigenvalue weighted by Gasteiger charge is 2.22. The quantitative estimate of drug-likeness (QED) is 0.686. The van der Waals surface area contributed by atoms with Gasteiger partial charge in [-0.3, -0.25) is 14.7 Å². The van der Waals surface area contributed by atoms with E-state index in [-0.39, 0.29) is 5.56 Å². The van der Waals surface area contributed by atoms with Crippen LogP contribution in [0.3, 0.4) is 0 Å². The van der Waals surface area contributed by atoms with Crippen molar-refractivity contribution < 1.29 is 9.47 Å². The van der Waals surface area contributed by atoms with Crippen LogP contribution in [0.5, 0.6) is 11.5 Å². The Morgan fingerprint density at radius 1 is 1.24 bits per heavy atom. The molecule has 1 aliphatic rings. The minimum Gasteiger partial charge on any atom is -0.493 e. The Morgan fingerprint density at radius 3 is 2.90 bits per heavy atom. The standard InChI is InChI=1S/C21H23N5O3/c1-3-29-19-10-14(4-5-18(19)28-2)12-26-9-6-16-15(13-26)21(27)25-20(24-16)17-11-22-7-8-23-17/h4-5,7-8,10-11H,3,6,9,12-13H2,1-2H3,(H,24,25,27). The molecule has 1 aliphatic heterocycles. The van der Waals surface area contributed by atoms with Gasteiger partial charge in [-0.1, -0.05) is 6.07 Å². The molecule has 8 nitrogen and oxygen atoms in total. The summed E-state index contributed by atoms with van der Waals surface area (Å²) in [5.74, 6) is 1.92. The van der Waals surface area contributed by atoms with E-state index < -0.39 is 0 Å². The number of nitrogens with zero attached hydrogens (tertiary/aromatic N) is 4. The number of H-pyrrole nitrogens is 1. The largest absolute Gasteiger partial charge is 0.493 e. The second kappa shape index (κ2) is 8.40. The second-order valence-electron chi connectivity index (χ2n) is 6.81. The molecule has 8 heteroatoms. The van der Waals surface area contributed by atoms with Gasteiger partial charge in [0.2, 0.25) is 0 Å². The van der Waals surface area contributed by atoms with Gasteiger partial charge in [0.1, 0.15) is 5.69 Å². The number of aromatic nitrogens is 4. The molecule has 0 amide bonds. The van der Waals surface area contributed by atoms with E-state index in [2.05, 4.69) is 24.8 Å². The summed E-state index contributed by atoms with van der Waals surface area (Å²) in [5.41, 5.74) is 3.10. The van der Waals surface area contributed by atoms with Crippen LogP contribution in [0.2, 0.25) is 0 Å². The first-order valence-electron chi connectivity index (χ1n) is 9.58. The summed E-state index contributed by atoms with van der Waals surface area (Å²) in [7, 11) is 1.63. The van der Waals surface area contributed by atoms with Gasteiger partial charge in [-0.05, 0) is 24.6 Å². The van der Waals surface area contributed by atoms with Crippen molar-refractivity contribution in [3.8, 4) is 23.0 Å². The summed E-state index contributed by atoms with van der Waals surface area (Å²) in [6.45, 7) is 4.61. The van der Waals surface area contributed by atoms with Crippen LogP contribution in [0.1, 0.15) is 23.7 Å². The zero-order valence-electron chi connectivity index (χ0n) is 16.5. The van der Waals surface area contributed by atoms with Crippen molar-refractivity contribution in [1.82, 2.24) is 24.8 Å². The molecule has 0 spiro atoms. The number of rotatable bonds is 6. The smallest absolute Gasteiger partial charge is 0.255 e. The van der Waals surface area contributed by atoms with Gasteiger partial charge in [0, 0.05) is 38.4 Å². The first-order chi connectivity index (χ1) is 14.2. The van der Waals surface area contributed by atoms with Gasteiger partial charge in [-0.25, -0.2) is 9.97 Å². The lowest BCUT2D eigenvalue weighted by Crippen LogP contribution is -2.35. The topological polar surface area (TPSA) is 93.2 Å². The van der Waals surface area contributed by atoms with Crippen LogP contribution in [0, 0.1) is 0 Å². The van der Waals surface area contributed by atoms with E-state index in [1.54, 1.807) is 25.7 Å². The summed E-state index contributed by atoms with van der Waals surface area (Å²) < 4.78 is 11.0. The highest BCUT2D eigenvalue weighted by Crippen LogP contribution is 2.29. The van der Waals surface area contributed by atoms with Crippen molar-refractivity contribution in [3.05, 3.63) is 64.0 Å². The van der Waals surface area contributed by atoms with E-state index in [1.165, 1.54) is 0 Å². The van der Waals surface area contributed by atoms with Gasteiger partial charge >= 0.3 is 0 Å². The minimum atomic E-state index is -0.120. The summed E-state index contributed by atoms with van der Waals surface area (Å²) in [6, 6.07) is 5.94. The number of hydrogen-bond acceptors (Lipinski definition) is 7. The van der Waals surface area contributed by atoms with Crippen LogP contribution >= 0.6 is 0 Å². The lowest BCUT2D eigenvalue weighted by atomic mass is 10.1. The van der Waals surface area contributed by atoms with E-state index in [1.807, 2.05) is 25.1 Å². The molecule has 0 saturated heterocycles. The van der Waals surface area contributed by atoms with Crippen LogP contribution in [0.25, 0.3) is 11.5 Å². The van der Waals surface area contributed by atoms with Crippen LogP contribution in [0.4, 0.5) is 0 Å². The molecule has 0 bridgehead atoms. The molecule has 3 heterocycles. The lowest BCUT2D eigenvalue weighted by molar-refractivity contribution is 0.241. The van der Waals surface area contributed by atoms with Crippen molar-refractivity contribution in [2.75, 3.05) is 20.3 Å². The van der Waals surface area contributed by atoms with E-state index in [4.69, 9.17) is 9.47 Å². The SMILES string of the molecule is CCOc1cc(CN2CCc3nc(-c4cnccn4)[nH]c(=O)c3C2)ccc1OC.